The fraction of sp³-hybridized carbons (Fsp3) is 0.533. The number of carbonyl (C=O) groups is 1. The van der Waals surface area contributed by atoms with E-state index in [1.165, 1.54) is 31.4 Å². The van der Waals surface area contributed by atoms with Gasteiger partial charge in [-0.3, -0.25) is 4.79 Å². The van der Waals surface area contributed by atoms with Crippen molar-refractivity contribution in [3.8, 4) is 5.75 Å². The summed E-state index contributed by atoms with van der Waals surface area (Å²) in [5.74, 6) is -0.252. The lowest BCUT2D eigenvalue weighted by molar-refractivity contribution is 0.0928. The number of phenols is 1. The van der Waals surface area contributed by atoms with Crippen molar-refractivity contribution in [2.24, 2.45) is 0 Å². The van der Waals surface area contributed by atoms with Crippen molar-refractivity contribution in [3.05, 3.63) is 28.8 Å². The third-order valence-electron chi connectivity index (χ3n) is 3.64. The van der Waals surface area contributed by atoms with Crippen LogP contribution in [0, 0.1) is 0 Å². The lowest BCUT2D eigenvalue weighted by Crippen LogP contribution is -2.35. The molecule has 0 unspecified atom stereocenters. The Bertz CT molecular complexity index is 440. The summed E-state index contributed by atoms with van der Waals surface area (Å²) in [6.07, 6.45) is 8.15. The quantitative estimate of drug-likeness (QED) is 0.864. The van der Waals surface area contributed by atoms with Gasteiger partial charge in [-0.2, -0.15) is 0 Å². The number of halogens is 1. The Morgan fingerprint density at radius 2 is 1.79 bits per heavy atom. The molecule has 1 fully saturated rings. The zero-order valence-corrected chi connectivity index (χ0v) is 11.7. The van der Waals surface area contributed by atoms with Crippen LogP contribution >= 0.6 is 11.6 Å². The van der Waals surface area contributed by atoms with Crippen molar-refractivity contribution in [1.29, 1.82) is 0 Å². The van der Waals surface area contributed by atoms with E-state index in [-0.39, 0.29) is 23.3 Å². The molecule has 2 N–H and O–H groups in total. The number of aromatic hydroxyl groups is 1. The van der Waals surface area contributed by atoms with E-state index in [1.54, 1.807) is 6.07 Å². The van der Waals surface area contributed by atoms with Crippen molar-refractivity contribution in [2.75, 3.05) is 0 Å². The predicted octanol–water partition coefficient (Wildman–Crippen LogP) is 3.89. The van der Waals surface area contributed by atoms with Gasteiger partial charge < -0.3 is 10.4 Å². The Labute approximate surface area is 119 Å². The largest absolute Gasteiger partial charge is 0.507 e. The van der Waals surface area contributed by atoms with Crippen molar-refractivity contribution < 1.29 is 9.90 Å². The minimum Gasteiger partial charge on any atom is -0.507 e. The van der Waals surface area contributed by atoms with Gasteiger partial charge in [-0.15, -0.1) is 0 Å². The maximum absolute atomic E-state index is 12.2. The molecule has 0 aliphatic heterocycles. The van der Waals surface area contributed by atoms with Crippen LogP contribution < -0.4 is 5.32 Å². The summed E-state index contributed by atoms with van der Waals surface area (Å²) in [5.41, 5.74) is 0.259. The molecular weight excluding hydrogens is 262 g/mol. The minimum absolute atomic E-state index is 0.0206. The molecule has 0 bridgehead atoms. The van der Waals surface area contributed by atoms with Crippen molar-refractivity contribution in [2.45, 2.75) is 51.0 Å². The first-order chi connectivity index (χ1) is 9.16. The van der Waals surface area contributed by atoms with E-state index < -0.39 is 0 Å². The summed E-state index contributed by atoms with van der Waals surface area (Å²) in [6.45, 7) is 0. The van der Waals surface area contributed by atoms with Gasteiger partial charge in [-0.1, -0.05) is 43.7 Å². The third kappa shape index (κ3) is 4.13. The first-order valence-corrected chi connectivity index (χ1v) is 7.34. The molecule has 0 aromatic heterocycles. The van der Waals surface area contributed by atoms with Crippen LogP contribution in [0.15, 0.2) is 18.2 Å². The van der Waals surface area contributed by atoms with Crippen LogP contribution in [-0.4, -0.2) is 17.1 Å². The highest BCUT2D eigenvalue weighted by molar-refractivity contribution is 6.31. The van der Waals surface area contributed by atoms with E-state index in [2.05, 4.69) is 5.32 Å². The number of phenolic OH excluding ortho intramolecular Hbond substituents is 1. The number of amides is 1. The van der Waals surface area contributed by atoms with Gasteiger partial charge in [0.25, 0.3) is 5.91 Å². The summed E-state index contributed by atoms with van der Waals surface area (Å²) in [4.78, 5) is 12.2. The molecule has 0 saturated heterocycles. The standard InChI is InChI=1S/C15H20ClNO2/c16-11-8-9-14(18)13(10-11)15(19)17-12-6-4-2-1-3-5-7-12/h8-10,12,18H,1-7H2,(H,17,19). The van der Waals surface area contributed by atoms with Crippen molar-refractivity contribution in [3.63, 3.8) is 0 Å². The number of hydrogen-bond donors (Lipinski definition) is 2. The van der Waals surface area contributed by atoms with Gasteiger partial charge in [-0.25, -0.2) is 0 Å². The molecule has 19 heavy (non-hydrogen) atoms. The fourth-order valence-electron chi connectivity index (χ4n) is 2.55. The summed E-state index contributed by atoms with van der Waals surface area (Å²) in [7, 11) is 0. The number of nitrogens with one attached hydrogen (secondary N) is 1. The van der Waals surface area contributed by atoms with Crippen molar-refractivity contribution in [1.82, 2.24) is 5.32 Å². The lowest BCUT2D eigenvalue weighted by atomic mass is 9.96. The molecule has 104 valence electrons. The second-order valence-electron chi connectivity index (χ2n) is 5.18. The van der Waals surface area contributed by atoms with Crippen LogP contribution in [0.5, 0.6) is 5.75 Å². The molecule has 1 aromatic carbocycles. The number of benzene rings is 1. The molecule has 0 heterocycles. The van der Waals surface area contributed by atoms with Gasteiger partial charge >= 0.3 is 0 Å². The highest BCUT2D eigenvalue weighted by atomic mass is 35.5. The zero-order chi connectivity index (χ0) is 13.7. The molecule has 0 radical (unpaired) electrons. The Morgan fingerprint density at radius 3 is 2.47 bits per heavy atom. The Morgan fingerprint density at radius 1 is 1.16 bits per heavy atom. The maximum Gasteiger partial charge on any atom is 0.255 e. The first-order valence-electron chi connectivity index (χ1n) is 6.96. The molecule has 0 atom stereocenters. The monoisotopic (exact) mass is 281 g/mol. The van der Waals surface area contributed by atoms with Crippen LogP contribution in [0.2, 0.25) is 5.02 Å². The molecule has 1 aliphatic rings. The maximum atomic E-state index is 12.2. The highest BCUT2D eigenvalue weighted by Crippen LogP contribution is 2.22. The van der Waals surface area contributed by atoms with Crippen LogP contribution in [0.25, 0.3) is 0 Å². The van der Waals surface area contributed by atoms with Gasteiger partial charge in [-0.05, 0) is 31.0 Å². The molecule has 0 spiro atoms. The summed E-state index contributed by atoms with van der Waals surface area (Å²) < 4.78 is 0. The Hall–Kier alpha value is -1.22. The predicted molar refractivity (Wildman–Crippen MR) is 76.7 cm³/mol. The van der Waals surface area contributed by atoms with E-state index in [0.29, 0.717) is 5.02 Å². The Balaban J connectivity index is 2.00. The zero-order valence-electron chi connectivity index (χ0n) is 11.0. The van der Waals surface area contributed by atoms with Gasteiger partial charge in [0.1, 0.15) is 5.75 Å². The molecule has 1 saturated carbocycles. The summed E-state index contributed by atoms with van der Waals surface area (Å²) in [6, 6.07) is 4.75. The SMILES string of the molecule is O=C(NC1CCCCCCC1)c1cc(Cl)ccc1O. The minimum atomic E-state index is -0.231. The van der Waals surface area contributed by atoms with Crippen LogP contribution in [-0.2, 0) is 0 Å². The molecule has 2 rings (SSSR count). The molecule has 3 nitrogen and oxygen atoms in total. The summed E-state index contributed by atoms with van der Waals surface area (Å²) in [5, 5.41) is 13.2. The summed E-state index contributed by atoms with van der Waals surface area (Å²) >= 11 is 5.86. The van der Waals surface area contributed by atoms with Crippen molar-refractivity contribution >= 4 is 17.5 Å². The third-order valence-corrected chi connectivity index (χ3v) is 3.88. The number of carbonyl (C=O) groups excluding carboxylic acids is 1. The topological polar surface area (TPSA) is 49.3 Å². The van der Waals surface area contributed by atoms with E-state index in [0.717, 1.165) is 25.7 Å². The van der Waals surface area contributed by atoms with E-state index in [4.69, 9.17) is 11.6 Å². The normalized spacial score (nSPS) is 17.5. The lowest BCUT2D eigenvalue weighted by Gasteiger charge is -2.21. The van der Waals surface area contributed by atoms with Crippen LogP contribution in [0.1, 0.15) is 55.3 Å². The fourth-order valence-corrected chi connectivity index (χ4v) is 2.73. The van der Waals surface area contributed by atoms with Gasteiger partial charge in [0.2, 0.25) is 0 Å². The molecule has 1 amide bonds. The average Bonchev–Trinajstić information content (AvgIpc) is 2.35. The van der Waals surface area contributed by atoms with Gasteiger partial charge in [0.15, 0.2) is 0 Å². The number of hydrogen-bond acceptors (Lipinski definition) is 2. The van der Waals surface area contributed by atoms with Crippen LogP contribution in [0.4, 0.5) is 0 Å². The molecule has 1 aliphatic carbocycles. The Kier molecular flexibility index (Phi) is 5.08. The first kappa shape index (κ1) is 14.2. The van der Waals surface area contributed by atoms with Crippen LogP contribution in [0.3, 0.4) is 0 Å². The smallest absolute Gasteiger partial charge is 0.255 e. The highest BCUT2D eigenvalue weighted by Gasteiger charge is 2.17. The molecular formula is C15H20ClNO2. The van der Waals surface area contributed by atoms with E-state index in [9.17, 15) is 9.90 Å². The number of rotatable bonds is 2. The second-order valence-corrected chi connectivity index (χ2v) is 5.61. The van der Waals surface area contributed by atoms with Gasteiger partial charge in [0, 0.05) is 11.1 Å². The van der Waals surface area contributed by atoms with E-state index >= 15 is 0 Å². The second kappa shape index (κ2) is 6.80. The molecule has 4 heteroatoms. The molecule has 1 aromatic rings. The van der Waals surface area contributed by atoms with E-state index in [1.807, 2.05) is 0 Å². The van der Waals surface area contributed by atoms with Gasteiger partial charge in [0.05, 0.1) is 5.56 Å². The average molecular weight is 282 g/mol.